The first-order valence-electron chi connectivity index (χ1n) is 16.5. The molecule has 0 radical (unpaired) electrons. The number of alkyl halides is 1. The number of aryl methyl sites for hydroxylation is 1. The van der Waals surface area contributed by atoms with E-state index in [-0.39, 0.29) is 36.7 Å². The first-order chi connectivity index (χ1) is 23.4. The topological polar surface area (TPSA) is 117 Å². The number of para-hydroxylation sites is 1. The van der Waals surface area contributed by atoms with E-state index in [4.69, 9.17) is 21.1 Å². The van der Waals surface area contributed by atoms with Gasteiger partial charge in [0.1, 0.15) is 17.7 Å². The van der Waals surface area contributed by atoms with Gasteiger partial charge in [-0.2, -0.15) is 0 Å². The van der Waals surface area contributed by atoms with Crippen LogP contribution in [0.4, 0.5) is 5.69 Å². The molecule has 2 aromatic rings. The fourth-order valence-electron chi connectivity index (χ4n) is 7.68. The summed E-state index contributed by atoms with van der Waals surface area (Å²) in [6.07, 6.45) is 2.68. The number of ether oxygens (including phenoxy) is 2. The van der Waals surface area contributed by atoms with Gasteiger partial charge in [0, 0.05) is 31.4 Å². The van der Waals surface area contributed by atoms with Gasteiger partial charge >= 0.3 is 5.97 Å². The average molecular weight is 757 g/mol. The molecule has 0 saturated carbocycles. The fourth-order valence-corrected chi connectivity index (χ4v) is 8.95. The van der Waals surface area contributed by atoms with Gasteiger partial charge in [-0.25, -0.2) is 0 Å². The SMILES string of the molecule is C=CCCC(=O)N(C)[C@H](C)[C@H](OC(=O)[C@@H]1[C@H]2O[C@@]3(CC2Br)[C@H](C(=O)N(CC=C)c2c(C)cccc2Cl)N(CCO)C(=O)[C@@H]13)c1ccccc1. The molecule has 3 saturated heterocycles. The van der Waals surface area contributed by atoms with Crippen molar-refractivity contribution in [3.63, 3.8) is 0 Å². The first kappa shape index (κ1) is 36.8. The third kappa shape index (κ3) is 6.58. The van der Waals surface area contributed by atoms with Crippen molar-refractivity contribution in [3.8, 4) is 0 Å². The molecule has 0 aliphatic carbocycles. The highest BCUT2D eigenvalue weighted by Crippen LogP contribution is 2.60. The number of hydrogen-bond acceptors (Lipinski definition) is 7. The van der Waals surface area contributed by atoms with Gasteiger partial charge in [0.15, 0.2) is 0 Å². The maximum absolute atomic E-state index is 14.7. The number of halogens is 2. The molecule has 10 nitrogen and oxygen atoms in total. The molecule has 3 amide bonds. The Labute approximate surface area is 300 Å². The zero-order chi connectivity index (χ0) is 35.6. The number of aliphatic hydroxyl groups excluding tert-OH is 1. The van der Waals surface area contributed by atoms with Crippen molar-refractivity contribution in [2.24, 2.45) is 11.8 Å². The normalized spacial score (nSPS) is 26.5. The van der Waals surface area contributed by atoms with Crippen LogP contribution in [0, 0.1) is 18.8 Å². The van der Waals surface area contributed by atoms with Crippen molar-refractivity contribution in [2.45, 2.75) is 67.8 Å². The van der Waals surface area contributed by atoms with Crippen LogP contribution in [0.1, 0.15) is 43.4 Å². The number of β-amino-alcohol motifs (C(OH)–C–C–N with tert-alkyl or cyclic N) is 1. The summed E-state index contributed by atoms with van der Waals surface area (Å²) >= 11 is 10.3. The maximum atomic E-state index is 14.7. The number of esters is 1. The van der Waals surface area contributed by atoms with E-state index in [1.54, 1.807) is 36.2 Å². The lowest BCUT2D eigenvalue weighted by molar-refractivity contribution is -0.164. The summed E-state index contributed by atoms with van der Waals surface area (Å²) in [4.78, 5) is 60.5. The predicted molar refractivity (Wildman–Crippen MR) is 190 cm³/mol. The number of amides is 3. The number of allylic oxidation sites excluding steroid dienone is 1. The molecule has 2 bridgehead atoms. The van der Waals surface area contributed by atoms with Crippen molar-refractivity contribution in [1.29, 1.82) is 0 Å². The number of likely N-dealkylation sites (N-methyl/N-ethyl adjacent to an activating group) is 1. The Morgan fingerprint density at radius 3 is 2.53 bits per heavy atom. The van der Waals surface area contributed by atoms with Crippen molar-refractivity contribution >= 4 is 56.9 Å². The minimum absolute atomic E-state index is 0.101. The van der Waals surface area contributed by atoms with Gasteiger partial charge in [0.2, 0.25) is 11.8 Å². The van der Waals surface area contributed by atoms with Gasteiger partial charge < -0.3 is 29.3 Å². The lowest BCUT2D eigenvalue weighted by atomic mass is 9.70. The highest BCUT2D eigenvalue weighted by molar-refractivity contribution is 9.09. The van der Waals surface area contributed by atoms with Crippen molar-refractivity contribution in [1.82, 2.24) is 9.80 Å². The molecule has 12 heteroatoms. The van der Waals surface area contributed by atoms with E-state index in [1.165, 1.54) is 9.80 Å². The zero-order valence-electron chi connectivity index (χ0n) is 28.0. The van der Waals surface area contributed by atoms with Crippen LogP contribution in [0.15, 0.2) is 73.8 Å². The third-order valence-electron chi connectivity index (χ3n) is 10.0. The summed E-state index contributed by atoms with van der Waals surface area (Å²) in [5, 5.41) is 10.4. The quantitative estimate of drug-likeness (QED) is 0.164. The highest BCUT2D eigenvalue weighted by atomic mass is 79.9. The molecule has 8 atom stereocenters. The number of carbonyl (C=O) groups excluding carboxylic acids is 4. The van der Waals surface area contributed by atoms with E-state index >= 15 is 0 Å². The number of rotatable bonds is 14. The summed E-state index contributed by atoms with van der Waals surface area (Å²) in [5.74, 6) is -3.81. The molecule has 3 aliphatic rings. The summed E-state index contributed by atoms with van der Waals surface area (Å²) in [6.45, 7) is 10.8. The molecule has 3 aliphatic heterocycles. The average Bonchev–Trinajstić information content (AvgIpc) is 3.68. The van der Waals surface area contributed by atoms with Crippen LogP contribution < -0.4 is 4.90 Å². The molecule has 262 valence electrons. The van der Waals surface area contributed by atoms with E-state index in [2.05, 4.69) is 29.1 Å². The van der Waals surface area contributed by atoms with E-state index in [1.807, 2.05) is 50.2 Å². The number of aliphatic hydroxyl groups is 1. The van der Waals surface area contributed by atoms with E-state index < -0.39 is 66.1 Å². The molecular weight excluding hydrogens is 714 g/mol. The Morgan fingerprint density at radius 2 is 1.90 bits per heavy atom. The Kier molecular flexibility index (Phi) is 11.4. The smallest absolute Gasteiger partial charge is 0.313 e. The monoisotopic (exact) mass is 755 g/mol. The molecule has 49 heavy (non-hydrogen) atoms. The molecule has 1 N–H and O–H groups in total. The third-order valence-corrected chi connectivity index (χ3v) is 11.2. The maximum Gasteiger partial charge on any atom is 0.313 e. The number of hydrogen-bond donors (Lipinski definition) is 1. The molecular formula is C37H43BrClN3O7. The highest BCUT2D eigenvalue weighted by Gasteiger charge is 2.77. The number of nitrogens with zero attached hydrogens (tertiary/aromatic N) is 3. The van der Waals surface area contributed by atoms with Crippen LogP contribution in [-0.4, -0.2) is 94.0 Å². The van der Waals surface area contributed by atoms with E-state index in [9.17, 15) is 24.3 Å². The predicted octanol–water partition coefficient (Wildman–Crippen LogP) is 5.01. The van der Waals surface area contributed by atoms with Gasteiger partial charge in [-0.05, 0) is 43.9 Å². The van der Waals surface area contributed by atoms with Gasteiger partial charge in [-0.1, -0.05) is 82.1 Å². The summed E-state index contributed by atoms with van der Waals surface area (Å²) < 4.78 is 12.9. The second kappa shape index (κ2) is 15.2. The summed E-state index contributed by atoms with van der Waals surface area (Å²) in [7, 11) is 1.67. The van der Waals surface area contributed by atoms with Crippen LogP contribution in [0.3, 0.4) is 0 Å². The van der Waals surface area contributed by atoms with Gasteiger partial charge in [0.05, 0.1) is 41.3 Å². The molecule has 0 aromatic heterocycles. The lowest BCUT2D eigenvalue weighted by Crippen LogP contribution is -2.57. The standard InChI is InChI=1S/C37H43BrClN3O7/c1-6-8-17-27(44)40(5)23(4)31(24-14-10-9-11-15-24)48-36(47)28-29-34(45)42(19-20-43)33(37(29)21-25(38)32(28)49-37)35(46)41(18-7-2)30-22(3)13-12-16-26(30)39/h6-7,9-16,23,25,28-29,31-33,43H,1-2,8,17-21H2,3-5H3/t23-,25?,28+,29-,31+,32+,33+,37-/m1/s1. The largest absolute Gasteiger partial charge is 0.455 e. The second-order valence-corrected chi connectivity index (χ2v) is 14.5. The molecule has 3 heterocycles. The van der Waals surface area contributed by atoms with Crippen molar-refractivity contribution in [2.75, 3.05) is 31.6 Å². The van der Waals surface area contributed by atoms with Crippen LogP contribution in [0.2, 0.25) is 5.02 Å². The number of benzene rings is 2. The number of anilines is 1. The Hall–Kier alpha value is -3.51. The lowest BCUT2D eigenvalue weighted by Gasteiger charge is -2.37. The van der Waals surface area contributed by atoms with Crippen LogP contribution in [-0.2, 0) is 28.7 Å². The van der Waals surface area contributed by atoms with Crippen LogP contribution >= 0.6 is 27.5 Å². The van der Waals surface area contributed by atoms with E-state index in [0.717, 1.165) is 5.56 Å². The van der Waals surface area contributed by atoms with E-state index in [0.29, 0.717) is 22.7 Å². The number of carbonyl (C=O) groups is 4. The van der Waals surface area contributed by atoms with Crippen LogP contribution in [0.5, 0.6) is 0 Å². The Morgan fingerprint density at radius 1 is 1.18 bits per heavy atom. The minimum atomic E-state index is -1.38. The molecule has 3 fully saturated rings. The Bertz CT molecular complexity index is 1590. The first-order valence-corrected chi connectivity index (χ1v) is 17.7. The number of fused-ring (bicyclic) bond motifs is 1. The zero-order valence-corrected chi connectivity index (χ0v) is 30.3. The molecule has 1 spiro atoms. The molecule has 5 rings (SSSR count). The van der Waals surface area contributed by atoms with Gasteiger partial charge in [0.25, 0.3) is 5.91 Å². The summed E-state index contributed by atoms with van der Waals surface area (Å²) in [5.41, 5.74) is 0.533. The van der Waals surface area contributed by atoms with Crippen molar-refractivity contribution < 1.29 is 33.8 Å². The van der Waals surface area contributed by atoms with Gasteiger partial charge in [-0.15, -0.1) is 13.2 Å². The Balaban J connectivity index is 1.52. The number of likely N-dealkylation sites (tertiary alicyclic amines) is 1. The van der Waals surface area contributed by atoms with Gasteiger partial charge in [-0.3, -0.25) is 19.2 Å². The molecule has 2 aromatic carbocycles. The fraction of sp³-hybridized carbons (Fsp3) is 0.459. The second-order valence-electron chi connectivity index (χ2n) is 12.9. The molecule has 1 unspecified atom stereocenters. The minimum Gasteiger partial charge on any atom is -0.455 e. The van der Waals surface area contributed by atoms with Crippen molar-refractivity contribution in [3.05, 3.63) is 90.0 Å². The summed E-state index contributed by atoms with van der Waals surface area (Å²) in [6, 6.07) is 12.7. The van der Waals surface area contributed by atoms with Crippen LogP contribution in [0.25, 0.3) is 0 Å².